The number of fused-ring (bicyclic) bond motifs is 1. The van der Waals surface area contributed by atoms with E-state index in [-0.39, 0.29) is 5.82 Å². The standard InChI is InChI=1S/C15H20FN3/c1-2-19-13-9-5-8-12(16)15(13)18-14(19)10-17-11-6-3-4-7-11/h5,8-9,11,17H,2-4,6-7,10H2,1H3. The minimum absolute atomic E-state index is 0.230. The maximum atomic E-state index is 13.8. The lowest BCUT2D eigenvalue weighted by atomic mass is 10.2. The van der Waals surface area contributed by atoms with Crippen LogP contribution in [0.2, 0.25) is 0 Å². The van der Waals surface area contributed by atoms with Crippen molar-refractivity contribution in [1.82, 2.24) is 14.9 Å². The summed E-state index contributed by atoms with van der Waals surface area (Å²) in [6.45, 7) is 3.62. The number of aromatic nitrogens is 2. The molecule has 1 aromatic carbocycles. The van der Waals surface area contributed by atoms with E-state index in [2.05, 4.69) is 21.8 Å². The second-order valence-electron chi connectivity index (χ2n) is 5.24. The summed E-state index contributed by atoms with van der Waals surface area (Å²) in [4.78, 5) is 4.47. The number of rotatable bonds is 4. The first-order chi connectivity index (χ1) is 9.29. The lowest BCUT2D eigenvalue weighted by Gasteiger charge is -2.12. The summed E-state index contributed by atoms with van der Waals surface area (Å²) in [6.07, 6.45) is 5.13. The van der Waals surface area contributed by atoms with Crippen LogP contribution in [0.4, 0.5) is 4.39 Å². The molecule has 0 unspecified atom stereocenters. The molecular formula is C15H20FN3. The normalized spacial score (nSPS) is 16.5. The van der Waals surface area contributed by atoms with Crippen LogP contribution in [0.15, 0.2) is 18.2 Å². The molecule has 3 nitrogen and oxygen atoms in total. The van der Waals surface area contributed by atoms with Crippen LogP contribution in [0.5, 0.6) is 0 Å². The van der Waals surface area contributed by atoms with Crippen LogP contribution in [0.25, 0.3) is 11.0 Å². The van der Waals surface area contributed by atoms with Crippen molar-refractivity contribution < 1.29 is 4.39 Å². The van der Waals surface area contributed by atoms with Gasteiger partial charge in [0.25, 0.3) is 0 Å². The molecule has 0 radical (unpaired) electrons. The Labute approximate surface area is 112 Å². The molecule has 1 aromatic heterocycles. The highest BCUT2D eigenvalue weighted by Gasteiger charge is 2.17. The van der Waals surface area contributed by atoms with Crippen molar-refractivity contribution >= 4 is 11.0 Å². The zero-order chi connectivity index (χ0) is 13.2. The van der Waals surface area contributed by atoms with Gasteiger partial charge in [0.1, 0.15) is 11.3 Å². The quantitative estimate of drug-likeness (QED) is 0.915. The van der Waals surface area contributed by atoms with E-state index in [1.165, 1.54) is 31.7 Å². The minimum atomic E-state index is -0.230. The molecule has 1 aliphatic carbocycles. The van der Waals surface area contributed by atoms with Gasteiger partial charge in [0.15, 0.2) is 5.82 Å². The van der Waals surface area contributed by atoms with Crippen LogP contribution in [-0.4, -0.2) is 15.6 Å². The highest BCUT2D eigenvalue weighted by atomic mass is 19.1. The van der Waals surface area contributed by atoms with Crippen molar-refractivity contribution in [3.63, 3.8) is 0 Å². The van der Waals surface area contributed by atoms with Gasteiger partial charge in [-0.1, -0.05) is 18.9 Å². The molecule has 1 aliphatic rings. The number of para-hydroxylation sites is 1. The topological polar surface area (TPSA) is 29.9 Å². The first-order valence-electron chi connectivity index (χ1n) is 7.16. The molecule has 19 heavy (non-hydrogen) atoms. The van der Waals surface area contributed by atoms with Crippen molar-refractivity contribution in [1.29, 1.82) is 0 Å². The highest BCUT2D eigenvalue weighted by Crippen LogP contribution is 2.21. The number of nitrogens with zero attached hydrogens (tertiary/aromatic N) is 2. The van der Waals surface area contributed by atoms with E-state index < -0.39 is 0 Å². The molecule has 0 aliphatic heterocycles. The molecule has 1 fully saturated rings. The fraction of sp³-hybridized carbons (Fsp3) is 0.533. The number of hydrogen-bond acceptors (Lipinski definition) is 2. The second kappa shape index (κ2) is 5.29. The maximum absolute atomic E-state index is 13.8. The largest absolute Gasteiger partial charge is 0.327 e. The Bertz CT molecular complexity index is 570. The summed E-state index contributed by atoms with van der Waals surface area (Å²) in [5, 5.41) is 3.55. The van der Waals surface area contributed by atoms with Gasteiger partial charge < -0.3 is 9.88 Å². The average molecular weight is 261 g/mol. The summed E-state index contributed by atoms with van der Waals surface area (Å²) in [5.41, 5.74) is 1.39. The van der Waals surface area contributed by atoms with Gasteiger partial charge in [-0.3, -0.25) is 0 Å². The van der Waals surface area contributed by atoms with E-state index in [1.807, 2.05) is 6.07 Å². The number of hydrogen-bond donors (Lipinski definition) is 1. The van der Waals surface area contributed by atoms with E-state index in [4.69, 9.17) is 0 Å². The van der Waals surface area contributed by atoms with Gasteiger partial charge in [0.05, 0.1) is 12.1 Å². The van der Waals surface area contributed by atoms with Crippen LogP contribution in [0.1, 0.15) is 38.4 Å². The Morgan fingerprint density at radius 1 is 1.37 bits per heavy atom. The molecule has 1 N–H and O–H groups in total. The van der Waals surface area contributed by atoms with Gasteiger partial charge in [-0.25, -0.2) is 9.37 Å². The van der Waals surface area contributed by atoms with Crippen molar-refractivity contribution in [3.05, 3.63) is 29.8 Å². The van der Waals surface area contributed by atoms with Crippen molar-refractivity contribution in [3.8, 4) is 0 Å². The fourth-order valence-corrected chi connectivity index (χ4v) is 3.01. The Balaban J connectivity index is 1.87. The molecule has 0 saturated heterocycles. The minimum Gasteiger partial charge on any atom is -0.327 e. The number of aryl methyl sites for hydroxylation is 1. The van der Waals surface area contributed by atoms with Crippen LogP contribution >= 0.6 is 0 Å². The van der Waals surface area contributed by atoms with Gasteiger partial charge in [0.2, 0.25) is 0 Å². The molecule has 3 rings (SSSR count). The third-order valence-electron chi connectivity index (χ3n) is 4.03. The molecule has 0 bridgehead atoms. The first kappa shape index (κ1) is 12.6. The molecule has 0 amide bonds. The van der Waals surface area contributed by atoms with E-state index in [0.717, 1.165) is 24.4 Å². The molecule has 1 saturated carbocycles. The third kappa shape index (κ3) is 2.37. The summed E-state index contributed by atoms with van der Waals surface area (Å²) < 4.78 is 15.9. The summed E-state index contributed by atoms with van der Waals surface area (Å²) in [7, 11) is 0. The second-order valence-corrected chi connectivity index (χ2v) is 5.24. The summed E-state index contributed by atoms with van der Waals surface area (Å²) in [5.74, 6) is 0.710. The maximum Gasteiger partial charge on any atom is 0.151 e. The zero-order valence-electron chi connectivity index (χ0n) is 11.3. The monoisotopic (exact) mass is 261 g/mol. The molecule has 0 spiro atoms. The lowest BCUT2D eigenvalue weighted by Crippen LogP contribution is -2.26. The van der Waals surface area contributed by atoms with Gasteiger partial charge in [-0.05, 0) is 31.9 Å². The smallest absolute Gasteiger partial charge is 0.151 e. The van der Waals surface area contributed by atoms with Gasteiger partial charge >= 0.3 is 0 Å². The van der Waals surface area contributed by atoms with Crippen LogP contribution < -0.4 is 5.32 Å². The summed E-state index contributed by atoms with van der Waals surface area (Å²) in [6, 6.07) is 5.77. The van der Waals surface area contributed by atoms with Gasteiger partial charge in [-0.15, -0.1) is 0 Å². The van der Waals surface area contributed by atoms with Crippen LogP contribution in [0.3, 0.4) is 0 Å². The molecule has 102 valence electrons. The van der Waals surface area contributed by atoms with Gasteiger partial charge in [0, 0.05) is 12.6 Å². The van der Waals surface area contributed by atoms with Crippen molar-refractivity contribution in [2.75, 3.05) is 0 Å². The number of imidazole rings is 1. The summed E-state index contributed by atoms with van der Waals surface area (Å²) >= 11 is 0. The molecule has 4 heteroatoms. The highest BCUT2D eigenvalue weighted by molar-refractivity contribution is 5.76. The van der Waals surface area contributed by atoms with E-state index in [0.29, 0.717) is 11.6 Å². The Hall–Kier alpha value is -1.42. The Kier molecular flexibility index (Phi) is 3.51. The SMILES string of the molecule is CCn1c(CNC2CCCC2)nc2c(F)cccc21. The first-order valence-corrected chi connectivity index (χ1v) is 7.16. The van der Waals surface area contributed by atoms with Gasteiger partial charge in [-0.2, -0.15) is 0 Å². The number of nitrogens with one attached hydrogen (secondary N) is 1. The predicted molar refractivity (Wildman–Crippen MR) is 74.5 cm³/mol. The van der Waals surface area contributed by atoms with Crippen molar-refractivity contribution in [2.45, 2.75) is 51.7 Å². The van der Waals surface area contributed by atoms with Crippen molar-refractivity contribution in [2.24, 2.45) is 0 Å². The van der Waals surface area contributed by atoms with E-state index in [9.17, 15) is 4.39 Å². The van der Waals surface area contributed by atoms with Crippen LogP contribution in [-0.2, 0) is 13.1 Å². The lowest BCUT2D eigenvalue weighted by molar-refractivity contribution is 0.503. The van der Waals surface area contributed by atoms with Crippen LogP contribution in [0, 0.1) is 5.82 Å². The zero-order valence-corrected chi connectivity index (χ0v) is 11.3. The molecule has 0 atom stereocenters. The average Bonchev–Trinajstić information content (AvgIpc) is 3.03. The molecular weight excluding hydrogens is 241 g/mol. The Morgan fingerprint density at radius 3 is 2.89 bits per heavy atom. The Morgan fingerprint density at radius 2 is 2.16 bits per heavy atom. The number of benzene rings is 1. The van der Waals surface area contributed by atoms with E-state index in [1.54, 1.807) is 6.07 Å². The molecule has 1 heterocycles. The molecule has 2 aromatic rings. The van der Waals surface area contributed by atoms with E-state index >= 15 is 0 Å². The third-order valence-corrected chi connectivity index (χ3v) is 4.03. The predicted octanol–water partition coefficient (Wildman–Crippen LogP) is 3.23. The fourth-order valence-electron chi connectivity index (χ4n) is 3.01. The number of halogens is 1.